The van der Waals surface area contributed by atoms with Crippen LogP contribution in [0.1, 0.15) is 25.5 Å². The Kier molecular flexibility index (Phi) is 2.31. The highest BCUT2D eigenvalue weighted by atomic mass is 16.5. The molecule has 4 nitrogen and oxygen atoms in total. The van der Waals surface area contributed by atoms with Crippen molar-refractivity contribution in [1.82, 2.24) is 4.98 Å². The van der Waals surface area contributed by atoms with E-state index in [1.54, 1.807) is 0 Å². The van der Waals surface area contributed by atoms with Gasteiger partial charge in [0.25, 0.3) is 5.82 Å². The molecule has 0 spiro atoms. The molecule has 4 heteroatoms. The minimum absolute atomic E-state index is 0.0122. The molecule has 1 N–H and O–H groups in total. The van der Waals surface area contributed by atoms with Crippen molar-refractivity contribution in [2.75, 3.05) is 11.9 Å². The number of fused-ring (bicyclic) bond motifs is 4. The third-order valence-electron chi connectivity index (χ3n) is 4.66. The molecule has 2 aromatic rings. The van der Waals surface area contributed by atoms with Crippen LogP contribution >= 0.6 is 0 Å². The van der Waals surface area contributed by atoms with Crippen molar-refractivity contribution in [1.29, 1.82) is 0 Å². The monoisotopic (exact) mass is 268 g/mol. The number of nitrogens with one attached hydrogen (secondary N) is 1. The predicted molar refractivity (Wildman–Crippen MR) is 75.5 cm³/mol. The van der Waals surface area contributed by atoms with Crippen molar-refractivity contribution in [3.63, 3.8) is 0 Å². The van der Waals surface area contributed by atoms with Crippen LogP contribution in [-0.4, -0.2) is 11.6 Å². The Morgan fingerprint density at radius 3 is 3.10 bits per heavy atom. The Hall–Kier alpha value is -2.10. The number of hydrogen-bond donors (Lipinski definition) is 1. The number of hydrogen-bond acceptors (Lipinski definition) is 3. The molecule has 0 bridgehead atoms. The lowest BCUT2D eigenvalue weighted by atomic mass is 9.76. The second-order valence-corrected chi connectivity index (χ2v) is 6.06. The first kappa shape index (κ1) is 11.7. The fourth-order valence-electron chi connectivity index (χ4n) is 3.46. The maximum absolute atomic E-state index is 5.97. The Morgan fingerprint density at radius 1 is 1.35 bits per heavy atom. The van der Waals surface area contributed by atoms with Gasteiger partial charge in [0.2, 0.25) is 0 Å². The van der Waals surface area contributed by atoms with Crippen LogP contribution < -0.4 is 14.6 Å². The summed E-state index contributed by atoms with van der Waals surface area (Å²) in [5.41, 5.74) is 1.23. The van der Waals surface area contributed by atoms with E-state index in [4.69, 9.17) is 4.74 Å². The number of para-hydroxylation sites is 1. The zero-order valence-electron chi connectivity index (χ0n) is 11.7. The standard InChI is InChI=1S/C16H17N3O/c1-16(2)12-10-20-13-6-4-3-5-11(13)15(12)18-14-9-17-7-8-19(14)16/h3-9,12,15H,10H2,1-2H3/p+1/t12-,15-/m0/s1. The minimum atomic E-state index is -0.0122. The van der Waals surface area contributed by atoms with E-state index in [0.29, 0.717) is 5.92 Å². The molecular formula is C16H18N3O+. The molecular weight excluding hydrogens is 250 g/mol. The fourth-order valence-corrected chi connectivity index (χ4v) is 3.46. The van der Waals surface area contributed by atoms with Crippen LogP contribution in [0, 0.1) is 5.92 Å². The molecule has 4 rings (SSSR count). The van der Waals surface area contributed by atoms with Crippen LogP contribution in [0.2, 0.25) is 0 Å². The lowest BCUT2D eigenvalue weighted by Gasteiger charge is -2.43. The van der Waals surface area contributed by atoms with E-state index >= 15 is 0 Å². The van der Waals surface area contributed by atoms with Gasteiger partial charge in [-0.15, -0.1) is 0 Å². The molecule has 1 aromatic heterocycles. The van der Waals surface area contributed by atoms with Crippen LogP contribution in [0.3, 0.4) is 0 Å². The maximum atomic E-state index is 5.97. The molecule has 0 saturated carbocycles. The molecule has 0 radical (unpaired) electrons. The van der Waals surface area contributed by atoms with Gasteiger partial charge in [0.1, 0.15) is 29.7 Å². The fraction of sp³-hybridized carbons (Fsp3) is 0.375. The van der Waals surface area contributed by atoms with Crippen LogP contribution in [0.4, 0.5) is 5.82 Å². The van der Waals surface area contributed by atoms with Gasteiger partial charge in [-0.2, -0.15) is 0 Å². The highest BCUT2D eigenvalue weighted by Gasteiger charge is 2.51. The Balaban J connectivity index is 1.88. The summed E-state index contributed by atoms with van der Waals surface area (Å²) in [5.74, 6) is 2.45. The average molecular weight is 268 g/mol. The van der Waals surface area contributed by atoms with Gasteiger partial charge in [0, 0.05) is 5.56 Å². The maximum Gasteiger partial charge on any atom is 0.294 e. The third kappa shape index (κ3) is 1.48. The molecule has 2 aliphatic heterocycles. The van der Waals surface area contributed by atoms with Gasteiger partial charge < -0.3 is 4.74 Å². The van der Waals surface area contributed by atoms with Crippen molar-refractivity contribution in [3.8, 4) is 5.75 Å². The quantitative estimate of drug-likeness (QED) is 0.745. The summed E-state index contributed by atoms with van der Waals surface area (Å²) in [7, 11) is 0. The van der Waals surface area contributed by atoms with Crippen molar-refractivity contribution in [2.24, 2.45) is 5.92 Å². The van der Waals surface area contributed by atoms with Gasteiger partial charge in [-0.3, -0.25) is 10.3 Å². The first-order valence-corrected chi connectivity index (χ1v) is 7.02. The van der Waals surface area contributed by atoms with Crippen LogP contribution in [-0.2, 0) is 5.54 Å². The number of nitrogens with zero attached hydrogens (tertiary/aromatic N) is 2. The van der Waals surface area contributed by atoms with Crippen molar-refractivity contribution in [3.05, 3.63) is 48.4 Å². The second-order valence-electron chi connectivity index (χ2n) is 6.06. The summed E-state index contributed by atoms with van der Waals surface area (Å²) < 4.78 is 8.24. The molecule has 0 fully saturated rings. The molecule has 3 heterocycles. The number of aromatic nitrogens is 2. The number of anilines is 1. The summed E-state index contributed by atoms with van der Waals surface area (Å²) in [4.78, 5) is 4.24. The lowest BCUT2D eigenvalue weighted by Crippen LogP contribution is -2.65. The van der Waals surface area contributed by atoms with E-state index in [-0.39, 0.29) is 11.6 Å². The number of ether oxygens (including phenoxy) is 1. The highest BCUT2D eigenvalue weighted by molar-refractivity contribution is 5.44. The van der Waals surface area contributed by atoms with Gasteiger partial charge in [-0.25, -0.2) is 4.57 Å². The topological polar surface area (TPSA) is 38.0 Å². The minimum Gasteiger partial charge on any atom is -0.492 e. The van der Waals surface area contributed by atoms with Crippen molar-refractivity contribution < 1.29 is 9.30 Å². The summed E-state index contributed by atoms with van der Waals surface area (Å²) in [6, 6.07) is 8.58. The molecule has 0 amide bonds. The molecule has 20 heavy (non-hydrogen) atoms. The summed E-state index contributed by atoms with van der Waals surface area (Å²) in [6.07, 6.45) is 5.78. The van der Waals surface area contributed by atoms with E-state index in [0.717, 1.165) is 18.2 Å². The summed E-state index contributed by atoms with van der Waals surface area (Å²) >= 11 is 0. The first-order valence-electron chi connectivity index (χ1n) is 7.02. The zero-order chi connectivity index (χ0) is 13.7. The molecule has 1 aromatic carbocycles. The van der Waals surface area contributed by atoms with E-state index in [1.165, 1.54) is 5.56 Å². The third-order valence-corrected chi connectivity index (χ3v) is 4.66. The van der Waals surface area contributed by atoms with E-state index in [9.17, 15) is 0 Å². The summed E-state index contributed by atoms with van der Waals surface area (Å²) in [5, 5.41) is 3.63. The molecule has 2 atom stereocenters. The Labute approximate surface area is 118 Å². The molecule has 0 aliphatic carbocycles. The van der Waals surface area contributed by atoms with Crippen molar-refractivity contribution >= 4 is 5.82 Å². The average Bonchev–Trinajstić information content (AvgIpc) is 2.47. The molecule has 102 valence electrons. The second kappa shape index (κ2) is 3.95. The van der Waals surface area contributed by atoms with Gasteiger partial charge in [-0.05, 0) is 19.9 Å². The van der Waals surface area contributed by atoms with E-state index < -0.39 is 0 Å². The van der Waals surface area contributed by atoms with Crippen LogP contribution in [0.5, 0.6) is 5.75 Å². The summed E-state index contributed by atoms with van der Waals surface area (Å²) in [6.45, 7) is 5.27. The van der Waals surface area contributed by atoms with Gasteiger partial charge in [-0.1, -0.05) is 18.2 Å². The first-order chi connectivity index (χ1) is 9.68. The van der Waals surface area contributed by atoms with Crippen molar-refractivity contribution in [2.45, 2.75) is 25.4 Å². The predicted octanol–water partition coefficient (Wildman–Crippen LogP) is 2.28. The molecule has 0 saturated heterocycles. The zero-order valence-corrected chi connectivity index (χ0v) is 11.7. The molecule has 2 aliphatic rings. The highest BCUT2D eigenvalue weighted by Crippen LogP contribution is 2.44. The van der Waals surface area contributed by atoms with Gasteiger partial charge >= 0.3 is 0 Å². The Morgan fingerprint density at radius 2 is 2.20 bits per heavy atom. The lowest BCUT2D eigenvalue weighted by molar-refractivity contribution is -0.759. The van der Waals surface area contributed by atoms with Crippen LogP contribution in [0.25, 0.3) is 0 Å². The number of benzene rings is 1. The Bertz CT molecular complexity index is 668. The van der Waals surface area contributed by atoms with Gasteiger partial charge in [0.15, 0.2) is 0 Å². The van der Waals surface area contributed by atoms with E-state index in [2.05, 4.69) is 40.8 Å². The largest absolute Gasteiger partial charge is 0.492 e. The normalized spacial score (nSPS) is 25.5. The smallest absolute Gasteiger partial charge is 0.294 e. The van der Waals surface area contributed by atoms with Crippen LogP contribution in [0.15, 0.2) is 42.9 Å². The SMILES string of the molecule is CC1(C)[C@H]2COc3ccccc3[C@@H]2Nc2cncc[n+]21. The van der Waals surface area contributed by atoms with Gasteiger partial charge in [0.05, 0.1) is 18.7 Å². The van der Waals surface area contributed by atoms with E-state index in [1.807, 2.05) is 30.7 Å². The number of rotatable bonds is 0. The molecule has 0 unspecified atom stereocenters.